The van der Waals surface area contributed by atoms with Crippen molar-refractivity contribution in [3.05, 3.63) is 58.9 Å². The number of amides is 2. The SMILES string of the molecule is Cc1cccc(OC(C)C(=O)NNC(=O)c2ccc3nc4n(c3c2)CCC4)c1C. The minimum Gasteiger partial charge on any atom is -0.481 e. The maximum absolute atomic E-state index is 12.5. The minimum absolute atomic E-state index is 0.382. The monoisotopic (exact) mass is 392 g/mol. The number of ether oxygens (including phenoxy) is 1. The van der Waals surface area contributed by atoms with E-state index in [1.54, 1.807) is 13.0 Å². The number of benzene rings is 2. The van der Waals surface area contributed by atoms with Gasteiger partial charge in [-0.3, -0.25) is 20.4 Å². The molecule has 1 aromatic heterocycles. The molecule has 1 aliphatic heterocycles. The molecule has 0 aliphatic carbocycles. The number of rotatable bonds is 4. The Labute approximate surface area is 169 Å². The van der Waals surface area contributed by atoms with Gasteiger partial charge in [-0.1, -0.05) is 12.1 Å². The van der Waals surface area contributed by atoms with Crippen molar-refractivity contribution in [3.63, 3.8) is 0 Å². The summed E-state index contributed by atoms with van der Waals surface area (Å²) in [4.78, 5) is 29.4. The molecule has 0 radical (unpaired) electrons. The van der Waals surface area contributed by atoms with Gasteiger partial charge in [0, 0.05) is 18.5 Å². The van der Waals surface area contributed by atoms with E-state index < -0.39 is 12.0 Å². The molecule has 1 atom stereocenters. The number of hydrazine groups is 1. The van der Waals surface area contributed by atoms with E-state index in [1.165, 1.54) is 0 Å². The summed E-state index contributed by atoms with van der Waals surface area (Å²) in [6, 6.07) is 11.1. The van der Waals surface area contributed by atoms with Gasteiger partial charge in [-0.2, -0.15) is 0 Å². The van der Waals surface area contributed by atoms with Crippen molar-refractivity contribution >= 4 is 22.8 Å². The zero-order valence-corrected chi connectivity index (χ0v) is 16.8. The van der Waals surface area contributed by atoms with Crippen molar-refractivity contribution in [1.29, 1.82) is 0 Å². The second-order valence-electron chi connectivity index (χ2n) is 7.39. The Hall–Kier alpha value is -3.35. The van der Waals surface area contributed by atoms with Gasteiger partial charge in [0.05, 0.1) is 11.0 Å². The maximum atomic E-state index is 12.5. The van der Waals surface area contributed by atoms with Crippen LogP contribution in [0.2, 0.25) is 0 Å². The van der Waals surface area contributed by atoms with Crippen LogP contribution in [-0.2, 0) is 17.8 Å². The molecule has 3 aromatic rings. The van der Waals surface area contributed by atoms with Crippen molar-refractivity contribution in [1.82, 2.24) is 20.4 Å². The summed E-state index contributed by atoms with van der Waals surface area (Å²) in [5, 5.41) is 0. The third-order valence-electron chi connectivity index (χ3n) is 5.40. The molecule has 29 heavy (non-hydrogen) atoms. The zero-order chi connectivity index (χ0) is 20.5. The number of nitrogens with one attached hydrogen (secondary N) is 2. The van der Waals surface area contributed by atoms with E-state index in [2.05, 4.69) is 20.4 Å². The minimum atomic E-state index is -0.753. The lowest BCUT2D eigenvalue weighted by Gasteiger charge is -2.17. The summed E-state index contributed by atoms with van der Waals surface area (Å²) in [5.74, 6) is 0.903. The van der Waals surface area contributed by atoms with Gasteiger partial charge in [0.15, 0.2) is 6.10 Å². The van der Waals surface area contributed by atoms with Crippen LogP contribution in [0.4, 0.5) is 0 Å². The first-order valence-electron chi connectivity index (χ1n) is 9.76. The summed E-state index contributed by atoms with van der Waals surface area (Å²) in [6.45, 7) is 6.49. The third kappa shape index (κ3) is 3.68. The van der Waals surface area contributed by atoms with Gasteiger partial charge in [-0.25, -0.2) is 4.98 Å². The molecule has 150 valence electrons. The van der Waals surface area contributed by atoms with E-state index in [0.717, 1.165) is 47.4 Å². The fourth-order valence-corrected chi connectivity index (χ4v) is 3.54. The van der Waals surface area contributed by atoms with E-state index in [4.69, 9.17) is 4.74 Å². The highest BCUT2D eigenvalue weighted by Gasteiger charge is 2.19. The van der Waals surface area contributed by atoms with Gasteiger partial charge in [0.2, 0.25) is 0 Å². The van der Waals surface area contributed by atoms with E-state index in [0.29, 0.717) is 11.3 Å². The predicted octanol–water partition coefficient (Wildman–Crippen LogP) is 2.83. The molecule has 0 fully saturated rings. The number of hydrogen-bond donors (Lipinski definition) is 2. The normalized spacial score (nSPS) is 13.8. The largest absolute Gasteiger partial charge is 0.481 e. The summed E-state index contributed by atoms with van der Waals surface area (Å²) in [6.07, 6.45) is 1.28. The number of aryl methyl sites for hydroxylation is 3. The molecule has 2 heterocycles. The van der Waals surface area contributed by atoms with Gasteiger partial charge in [-0.05, 0) is 62.6 Å². The summed E-state index contributed by atoms with van der Waals surface area (Å²) in [5.41, 5.74) is 9.28. The second kappa shape index (κ2) is 7.58. The van der Waals surface area contributed by atoms with Crippen LogP contribution in [0, 0.1) is 13.8 Å². The first kappa shape index (κ1) is 19.0. The molecule has 0 bridgehead atoms. The Morgan fingerprint density at radius 3 is 2.83 bits per heavy atom. The molecule has 0 saturated carbocycles. The van der Waals surface area contributed by atoms with Crippen LogP contribution < -0.4 is 15.6 Å². The lowest BCUT2D eigenvalue weighted by atomic mass is 10.1. The Morgan fingerprint density at radius 2 is 2.00 bits per heavy atom. The van der Waals surface area contributed by atoms with Gasteiger partial charge in [-0.15, -0.1) is 0 Å². The zero-order valence-electron chi connectivity index (χ0n) is 16.8. The smallest absolute Gasteiger partial charge is 0.279 e. The van der Waals surface area contributed by atoms with E-state index in [9.17, 15) is 9.59 Å². The standard InChI is InChI=1S/C22H24N4O3/c1-13-6-4-7-19(14(13)2)29-15(3)21(27)24-25-22(28)16-9-10-17-18(12-16)26-11-5-8-20(26)23-17/h4,6-7,9-10,12,15H,5,8,11H2,1-3H3,(H,24,27)(H,25,28). The van der Waals surface area contributed by atoms with Crippen LogP contribution >= 0.6 is 0 Å². The quantitative estimate of drug-likeness (QED) is 0.669. The van der Waals surface area contributed by atoms with Gasteiger partial charge >= 0.3 is 0 Å². The summed E-state index contributed by atoms with van der Waals surface area (Å²) in [7, 11) is 0. The molecule has 1 aliphatic rings. The Morgan fingerprint density at radius 1 is 1.17 bits per heavy atom. The average Bonchev–Trinajstić information content (AvgIpc) is 3.30. The molecule has 0 spiro atoms. The van der Waals surface area contributed by atoms with Gasteiger partial charge in [0.25, 0.3) is 11.8 Å². The third-order valence-corrected chi connectivity index (χ3v) is 5.40. The lowest BCUT2D eigenvalue weighted by molar-refractivity contribution is -0.128. The van der Waals surface area contributed by atoms with Crippen molar-refractivity contribution in [3.8, 4) is 5.75 Å². The van der Waals surface area contributed by atoms with Crippen molar-refractivity contribution in [2.45, 2.75) is 46.3 Å². The molecule has 2 amide bonds. The fourth-order valence-electron chi connectivity index (χ4n) is 3.54. The van der Waals surface area contributed by atoms with Gasteiger partial charge in [0.1, 0.15) is 11.6 Å². The Balaban J connectivity index is 1.39. The first-order chi connectivity index (χ1) is 13.9. The number of hydrogen-bond acceptors (Lipinski definition) is 4. The lowest BCUT2D eigenvalue weighted by Crippen LogP contribution is -2.47. The van der Waals surface area contributed by atoms with Crippen LogP contribution in [0.1, 0.15) is 40.7 Å². The second-order valence-corrected chi connectivity index (χ2v) is 7.39. The van der Waals surface area contributed by atoms with Crippen LogP contribution in [0.25, 0.3) is 11.0 Å². The van der Waals surface area contributed by atoms with Crippen molar-refractivity contribution < 1.29 is 14.3 Å². The van der Waals surface area contributed by atoms with Crippen LogP contribution in [0.15, 0.2) is 36.4 Å². The van der Waals surface area contributed by atoms with Gasteiger partial charge < -0.3 is 9.30 Å². The Bertz CT molecular complexity index is 1100. The molecular weight excluding hydrogens is 368 g/mol. The molecule has 2 aromatic carbocycles. The number of aromatic nitrogens is 2. The molecule has 7 heteroatoms. The topological polar surface area (TPSA) is 85.2 Å². The van der Waals surface area contributed by atoms with Crippen molar-refractivity contribution in [2.75, 3.05) is 0 Å². The highest BCUT2D eigenvalue weighted by molar-refractivity contribution is 5.98. The fraction of sp³-hybridized carbons (Fsp3) is 0.318. The molecule has 0 saturated heterocycles. The molecule has 2 N–H and O–H groups in total. The Kier molecular flexibility index (Phi) is 4.96. The maximum Gasteiger partial charge on any atom is 0.279 e. The van der Waals surface area contributed by atoms with Crippen LogP contribution in [0.3, 0.4) is 0 Å². The number of nitrogens with zero attached hydrogens (tertiary/aromatic N) is 2. The number of fused-ring (bicyclic) bond motifs is 3. The molecule has 1 unspecified atom stereocenters. The van der Waals surface area contributed by atoms with E-state index >= 15 is 0 Å². The average molecular weight is 392 g/mol. The van der Waals surface area contributed by atoms with Crippen LogP contribution in [-0.4, -0.2) is 27.5 Å². The molecule has 4 rings (SSSR count). The van der Waals surface area contributed by atoms with Crippen LogP contribution in [0.5, 0.6) is 5.75 Å². The molecular formula is C22H24N4O3. The summed E-state index contributed by atoms with van der Waals surface area (Å²) < 4.78 is 7.89. The number of imidazole rings is 1. The molecule has 7 nitrogen and oxygen atoms in total. The van der Waals surface area contributed by atoms with E-state index in [1.807, 2.05) is 44.2 Å². The summed E-state index contributed by atoms with van der Waals surface area (Å²) >= 11 is 0. The number of carbonyl (C=O) groups is 2. The van der Waals surface area contributed by atoms with Crippen molar-refractivity contribution in [2.24, 2.45) is 0 Å². The predicted molar refractivity (Wildman–Crippen MR) is 110 cm³/mol. The highest BCUT2D eigenvalue weighted by atomic mass is 16.5. The van der Waals surface area contributed by atoms with E-state index in [-0.39, 0.29) is 5.91 Å². The first-order valence-corrected chi connectivity index (χ1v) is 9.76. The number of carbonyl (C=O) groups excluding carboxylic acids is 2. The highest BCUT2D eigenvalue weighted by Crippen LogP contribution is 2.24.